The monoisotopic (exact) mass is 607 g/mol. The molecule has 4 aromatic rings. The number of hydrogen-bond acceptors (Lipinski definition) is 8. The third-order valence-corrected chi connectivity index (χ3v) is 10.6. The standard InChI is InChI=1S/C34H41N9O2/c1-2-34(33(45)39-27-4-3-5-27)12-14-41(15-13-34)30-11-8-24(17-36-30)31-32-25(16-35)18-38-43(32)21-29(40-31)26-19-37-42(20-26)28-9-6-23(22-44)7-10-28/h8,11,17-21,23,27-28,44H,2-7,9-10,12-15,22H2,1H3,(H,39,45)/t23-,28-. The molecule has 0 aromatic carbocycles. The maximum atomic E-state index is 13.2. The summed E-state index contributed by atoms with van der Waals surface area (Å²) >= 11 is 0. The second-order valence-corrected chi connectivity index (χ2v) is 13.1. The number of pyridine rings is 1. The lowest BCUT2D eigenvalue weighted by atomic mass is 9.74. The molecule has 11 heteroatoms. The Morgan fingerprint density at radius 1 is 1.04 bits per heavy atom. The summed E-state index contributed by atoms with van der Waals surface area (Å²) in [5.74, 6) is 1.49. The molecule has 0 spiro atoms. The lowest BCUT2D eigenvalue weighted by Gasteiger charge is -2.42. The van der Waals surface area contributed by atoms with Crippen LogP contribution in [0.5, 0.6) is 0 Å². The molecule has 0 atom stereocenters. The highest BCUT2D eigenvalue weighted by molar-refractivity contribution is 5.84. The van der Waals surface area contributed by atoms with Crippen LogP contribution in [-0.4, -0.2) is 66.1 Å². The number of piperidine rings is 1. The van der Waals surface area contributed by atoms with E-state index in [-0.39, 0.29) is 17.9 Å². The van der Waals surface area contributed by atoms with E-state index < -0.39 is 0 Å². The third-order valence-electron chi connectivity index (χ3n) is 10.6. The molecule has 2 N–H and O–H groups in total. The molecule has 3 aliphatic rings. The summed E-state index contributed by atoms with van der Waals surface area (Å²) in [5, 5.41) is 31.8. The SMILES string of the molecule is CCC1(C(=O)NC2CCC2)CCN(c2ccc(-c3nc(-c4cnn([C@H]5CC[C@H](CO)CC5)c4)cn4ncc(C#N)c34)cn2)CC1. The number of nitrogens with one attached hydrogen (secondary N) is 1. The number of carbonyl (C=O) groups excluding carboxylic acids is 1. The first-order valence-electron chi connectivity index (χ1n) is 16.5. The molecule has 2 aliphatic carbocycles. The van der Waals surface area contributed by atoms with Crippen molar-refractivity contribution < 1.29 is 9.90 Å². The van der Waals surface area contributed by atoms with Crippen LogP contribution in [0.2, 0.25) is 0 Å². The summed E-state index contributed by atoms with van der Waals surface area (Å²) in [4.78, 5) is 25.3. The van der Waals surface area contributed by atoms with Crippen molar-refractivity contribution in [3.05, 3.63) is 48.7 Å². The number of rotatable bonds is 8. The number of carbonyl (C=O) groups is 1. The number of anilines is 1. The van der Waals surface area contributed by atoms with E-state index in [2.05, 4.69) is 33.4 Å². The molecule has 11 nitrogen and oxygen atoms in total. The van der Waals surface area contributed by atoms with Crippen molar-refractivity contribution in [2.24, 2.45) is 11.3 Å². The van der Waals surface area contributed by atoms with E-state index in [1.807, 2.05) is 41.6 Å². The second kappa shape index (κ2) is 12.2. The Balaban J connectivity index is 1.12. The fourth-order valence-electron chi connectivity index (χ4n) is 7.21. The first-order valence-corrected chi connectivity index (χ1v) is 16.5. The van der Waals surface area contributed by atoms with Gasteiger partial charge in [-0.1, -0.05) is 6.92 Å². The van der Waals surface area contributed by atoms with Gasteiger partial charge in [-0.2, -0.15) is 15.5 Å². The van der Waals surface area contributed by atoms with Gasteiger partial charge in [0.15, 0.2) is 0 Å². The van der Waals surface area contributed by atoms with Gasteiger partial charge in [-0.25, -0.2) is 14.5 Å². The van der Waals surface area contributed by atoms with Crippen molar-refractivity contribution in [3.63, 3.8) is 0 Å². The Labute approximate surface area is 263 Å². The number of fused-ring (bicyclic) bond motifs is 1. The molecule has 0 unspecified atom stereocenters. The van der Waals surface area contributed by atoms with Gasteiger partial charge < -0.3 is 15.3 Å². The zero-order chi connectivity index (χ0) is 31.0. The molecule has 2 saturated carbocycles. The average molecular weight is 608 g/mol. The molecule has 234 valence electrons. The van der Waals surface area contributed by atoms with Gasteiger partial charge in [0.2, 0.25) is 5.91 Å². The van der Waals surface area contributed by atoms with Crippen LogP contribution >= 0.6 is 0 Å². The topological polar surface area (TPSA) is 137 Å². The van der Waals surface area contributed by atoms with E-state index in [1.54, 1.807) is 10.7 Å². The summed E-state index contributed by atoms with van der Waals surface area (Å²) in [6.45, 7) is 3.95. The van der Waals surface area contributed by atoms with Crippen molar-refractivity contribution in [2.75, 3.05) is 24.6 Å². The lowest BCUT2D eigenvalue weighted by molar-refractivity contribution is -0.133. The van der Waals surface area contributed by atoms with Crippen molar-refractivity contribution in [2.45, 2.75) is 83.2 Å². The highest BCUT2D eigenvalue weighted by Gasteiger charge is 2.41. The van der Waals surface area contributed by atoms with Gasteiger partial charge in [-0.15, -0.1) is 0 Å². The van der Waals surface area contributed by atoms with Crippen molar-refractivity contribution in [3.8, 4) is 28.6 Å². The summed E-state index contributed by atoms with van der Waals surface area (Å²) in [7, 11) is 0. The minimum Gasteiger partial charge on any atom is -0.396 e. The van der Waals surface area contributed by atoms with Crippen molar-refractivity contribution in [1.29, 1.82) is 5.26 Å². The first-order chi connectivity index (χ1) is 22.0. The van der Waals surface area contributed by atoms with Crippen LogP contribution in [0.4, 0.5) is 5.82 Å². The third kappa shape index (κ3) is 5.56. The van der Waals surface area contributed by atoms with Gasteiger partial charge in [0.25, 0.3) is 0 Å². The predicted molar refractivity (Wildman–Crippen MR) is 170 cm³/mol. The minimum atomic E-state index is -0.301. The largest absolute Gasteiger partial charge is 0.396 e. The van der Waals surface area contributed by atoms with Gasteiger partial charge in [-0.3, -0.25) is 9.48 Å². The molecule has 0 radical (unpaired) electrons. The van der Waals surface area contributed by atoms with Gasteiger partial charge in [0.1, 0.15) is 23.0 Å². The van der Waals surface area contributed by atoms with E-state index in [0.717, 1.165) is 93.5 Å². The molecule has 1 saturated heterocycles. The molecule has 3 fully saturated rings. The highest BCUT2D eigenvalue weighted by Crippen LogP contribution is 2.38. The summed E-state index contributed by atoms with van der Waals surface area (Å²) in [5.41, 5.74) is 3.85. The predicted octanol–water partition coefficient (Wildman–Crippen LogP) is 4.92. The van der Waals surface area contributed by atoms with Gasteiger partial charge in [0.05, 0.1) is 41.4 Å². The van der Waals surface area contributed by atoms with E-state index in [9.17, 15) is 15.2 Å². The lowest BCUT2D eigenvalue weighted by Crippen LogP contribution is -2.52. The molecule has 4 aromatic heterocycles. The Kier molecular flexibility index (Phi) is 8.00. The number of aliphatic hydroxyl groups is 1. The average Bonchev–Trinajstić information content (AvgIpc) is 3.74. The summed E-state index contributed by atoms with van der Waals surface area (Å²) < 4.78 is 3.75. The second-order valence-electron chi connectivity index (χ2n) is 13.1. The number of nitrogens with zero attached hydrogens (tertiary/aromatic N) is 8. The minimum absolute atomic E-state index is 0.223. The fraction of sp³-hybridized carbons (Fsp3) is 0.529. The maximum absolute atomic E-state index is 13.2. The molecule has 0 bridgehead atoms. The van der Waals surface area contributed by atoms with Gasteiger partial charge in [0, 0.05) is 49.3 Å². The van der Waals surface area contributed by atoms with E-state index >= 15 is 0 Å². The molecular formula is C34H41N9O2. The number of nitriles is 1. The van der Waals surface area contributed by atoms with Crippen LogP contribution in [0.3, 0.4) is 0 Å². The van der Waals surface area contributed by atoms with Crippen molar-refractivity contribution >= 4 is 17.2 Å². The maximum Gasteiger partial charge on any atom is 0.226 e. The number of aliphatic hydroxyl groups excluding tert-OH is 1. The van der Waals surface area contributed by atoms with Crippen LogP contribution in [0.25, 0.3) is 28.0 Å². The first kappa shape index (κ1) is 29.4. The van der Waals surface area contributed by atoms with Crippen LogP contribution < -0.4 is 10.2 Å². The Morgan fingerprint density at radius 3 is 2.49 bits per heavy atom. The zero-order valence-corrected chi connectivity index (χ0v) is 25.9. The highest BCUT2D eigenvalue weighted by atomic mass is 16.3. The van der Waals surface area contributed by atoms with E-state index in [4.69, 9.17) is 9.97 Å². The molecule has 45 heavy (non-hydrogen) atoms. The summed E-state index contributed by atoms with van der Waals surface area (Å²) in [6, 6.07) is 6.95. The van der Waals surface area contributed by atoms with Crippen LogP contribution in [0.1, 0.15) is 82.7 Å². The van der Waals surface area contributed by atoms with Gasteiger partial charge in [-0.05, 0) is 82.3 Å². The van der Waals surface area contributed by atoms with E-state index in [0.29, 0.717) is 34.8 Å². The molecule has 5 heterocycles. The van der Waals surface area contributed by atoms with Crippen LogP contribution in [0, 0.1) is 22.7 Å². The quantitative estimate of drug-likeness (QED) is 0.288. The zero-order valence-electron chi connectivity index (χ0n) is 25.9. The molecule has 7 rings (SSSR count). The fourth-order valence-corrected chi connectivity index (χ4v) is 7.21. The van der Waals surface area contributed by atoms with Crippen molar-refractivity contribution in [1.82, 2.24) is 34.7 Å². The molecule has 1 aliphatic heterocycles. The normalized spacial score (nSPS) is 21.8. The van der Waals surface area contributed by atoms with Crippen LogP contribution in [-0.2, 0) is 4.79 Å². The van der Waals surface area contributed by atoms with Gasteiger partial charge >= 0.3 is 0 Å². The van der Waals surface area contributed by atoms with E-state index in [1.165, 1.54) is 6.42 Å². The van der Waals surface area contributed by atoms with Crippen LogP contribution in [0.15, 0.2) is 43.1 Å². The Bertz CT molecular complexity index is 1700. The number of aromatic nitrogens is 6. The number of amides is 1. The molecule has 1 amide bonds. The Hall–Kier alpha value is -4.30. The number of hydrogen-bond donors (Lipinski definition) is 2. The summed E-state index contributed by atoms with van der Waals surface area (Å²) in [6.07, 6.45) is 19.0. The smallest absolute Gasteiger partial charge is 0.226 e. The Morgan fingerprint density at radius 2 is 1.84 bits per heavy atom. The molecular weight excluding hydrogens is 566 g/mol.